The third-order valence-electron chi connectivity index (χ3n) is 2.31. The molecule has 0 aromatic heterocycles. The van der Waals surface area contributed by atoms with Crippen molar-refractivity contribution in [2.24, 2.45) is 0 Å². The highest BCUT2D eigenvalue weighted by Gasteiger charge is 2.05. The van der Waals surface area contributed by atoms with Gasteiger partial charge in [-0.2, -0.15) is 0 Å². The molecule has 0 spiro atoms. The van der Waals surface area contributed by atoms with Crippen LogP contribution in [-0.4, -0.2) is 6.61 Å². The number of allylic oxidation sites excluding steroid dienone is 1. The zero-order valence-electron chi connectivity index (χ0n) is 6.58. The molecule has 0 amide bonds. The molecule has 1 aliphatic carbocycles. The monoisotopic (exact) mass is 156 g/mol. The van der Waals surface area contributed by atoms with Crippen LogP contribution in [-0.2, 0) is 0 Å². The predicted molar refractivity (Wildman–Crippen MR) is 49.2 cm³/mol. The van der Waals surface area contributed by atoms with Crippen molar-refractivity contribution in [3.8, 4) is 5.75 Å². The molecule has 1 aromatic rings. The molecule has 0 saturated carbocycles. The van der Waals surface area contributed by atoms with Gasteiger partial charge in [0, 0.05) is 5.22 Å². The number of fused-ring (bicyclic) bond motifs is 2. The van der Waals surface area contributed by atoms with Crippen LogP contribution in [0.15, 0.2) is 18.2 Å². The van der Waals surface area contributed by atoms with Crippen LogP contribution in [0.2, 0.25) is 0 Å². The van der Waals surface area contributed by atoms with Gasteiger partial charge in [-0.15, -0.1) is 0 Å². The fourth-order valence-corrected chi connectivity index (χ4v) is 1.68. The van der Waals surface area contributed by atoms with E-state index in [0.29, 0.717) is 0 Å². The molecular weight excluding hydrogens is 148 g/mol. The fourth-order valence-electron chi connectivity index (χ4n) is 1.68. The molecule has 0 N–H and O–H groups in total. The summed E-state index contributed by atoms with van der Waals surface area (Å²) < 4.78 is 5.42. The lowest BCUT2D eigenvalue weighted by atomic mass is 10.1. The third-order valence-corrected chi connectivity index (χ3v) is 2.31. The van der Waals surface area contributed by atoms with Crippen molar-refractivity contribution in [3.05, 3.63) is 34.2 Å². The molecule has 0 unspecified atom stereocenters. The van der Waals surface area contributed by atoms with Gasteiger partial charge < -0.3 is 4.74 Å². The topological polar surface area (TPSA) is 9.23 Å². The Labute approximate surface area is 70.3 Å². The molecule has 0 bridgehead atoms. The minimum absolute atomic E-state index is 0.724. The Balaban J connectivity index is 2.45. The molecule has 0 atom stereocenters. The van der Waals surface area contributed by atoms with E-state index in [-0.39, 0.29) is 0 Å². The first-order valence-corrected chi connectivity index (χ1v) is 4.09. The molecule has 1 heterocycles. The Morgan fingerprint density at radius 1 is 1.17 bits per heavy atom. The van der Waals surface area contributed by atoms with E-state index in [0.717, 1.165) is 12.4 Å². The molecule has 12 heavy (non-hydrogen) atoms. The number of hydrogen-bond acceptors (Lipinski definition) is 1. The number of benzene rings is 1. The Morgan fingerprint density at radius 2 is 2.17 bits per heavy atom. The Bertz CT molecular complexity index is 480. The minimum atomic E-state index is 0.724. The summed E-state index contributed by atoms with van der Waals surface area (Å²) in [7, 11) is 0. The van der Waals surface area contributed by atoms with Crippen LogP contribution in [0, 0.1) is 0 Å². The highest BCUT2D eigenvalue weighted by molar-refractivity contribution is 5.68. The smallest absolute Gasteiger partial charge is 0.127 e. The maximum absolute atomic E-state index is 5.42. The Hall–Kier alpha value is -1.50. The summed E-state index contributed by atoms with van der Waals surface area (Å²) in [6.07, 6.45) is 8.42. The van der Waals surface area contributed by atoms with Gasteiger partial charge >= 0.3 is 0 Å². The van der Waals surface area contributed by atoms with E-state index in [1.54, 1.807) is 0 Å². The maximum Gasteiger partial charge on any atom is 0.127 e. The van der Waals surface area contributed by atoms with Gasteiger partial charge in [0.25, 0.3) is 0 Å². The molecule has 2 aliphatic rings. The molecule has 3 rings (SSSR count). The Kier molecular flexibility index (Phi) is 1.01. The van der Waals surface area contributed by atoms with Crippen molar-refractivity contribution in [2.75, 3.05) is 6.61 Å². The lowest BCUT2D eigenvalue weighted by Gasteiger charge is -1.97. The van der Waals surface area contributed by atoms with Gasteiger partial charge in [0.2, 0.25) is 0 Å². The third kappa shape index (κ3) is 0.681. The molecule has 1 aromatic carbocycles. The fraction of sp³-hybridized carbons (Fsp3) is 0.0909. The van der Waals surface area contributed by atoms with Crippen LogP contribution in [0.25, 0.3) is 18.2 Å². The van der Waals surface area contributed by atoms with Gasteiger partial charge in [-0.3, -0.25) is 0 Å². The average Bonchev–Trinajstić information content (AvgIpc) is 2.64. The summed E-state index contributed by atoms with van der Waals surface area (Å²) in [4.78, 5) is 0. The Morgan fingerprint density at radius 3 is 3.17 bits per heavy atom. The lowest BCUT2D eigenvalue weighted by molar-refractivity contribution is 0.385. The normalized spacial score (nSPS) is 16.0. The zero-order valence-corrected chi connectivity index (χ0v) is 6.58. The largest absolute Gasteiger partial charge is 0.489 e. The molecule has 0 radical (unpaired) electrons. The van der Waals surface area contributed by atoms with Crippen molar-refractivity contribution >= 4 is 18.2 Å². The second kappa shape index (κ2) is 2.01. The molecule has 1 aliphatic heterocycles. The first-order chi connectivity index (χ1) is 5.93. The van der Waals surface area contributed by atoms with Gasteiger partial charge in [0.1, 0.15) is 12.4 Å². The summed E-state index contributed by atoms with van der Waals surface area (Å²) >= 11 is 0. The first kappa shape index (κ1) is 6.06. The van der Waals surface area contributed by atoms with Gasteiger partial charge in [-0.1, -0.05) is 18.2 Å². The van der Waals surface area contributed by atoms with Crippen molar-refractivity contribution in [1.82, 2.24) is 0 Å². The number of ether oxygens (including phenoxy) is 1. The van der Waals surface area contributed by atoms with Gasteiger partial charge in [0.05, 0.1) is 0 Å². The van der Waals surface area contributed by atoms with Crippen LogP contribution in [0.4, 0.5) is 0 Å². The minimum Gasteiger partial charge on any atom is -0.489 e. The molecule has 58 valence electrons. The van der Waals surface area contributed by atoms with Crippen LogP contribution < -0.4 is 15.2 Å². The highest BCUT2D eigenvalue weighted by Crippen LogP contribution is 2.09. The summed E-state index contributed by atoms with van der Waals surface area (Å²) in [6.45, 7) is 0.724. The van der Waals surface area contributed by atoms with E-state index in [1.165, 1.54) is 16.0 Å². The van der Waals surface area contributed by atoms with E-state index >= 15 is 0 Å². The van der Waals surface area contributed by atoms with Crippen LogP contribution in [0.1, 0.15) is 5.56 Å². The van der Waals surface area contributed by atoms with Crippen LogP contribution in [0.5, 0.6) is 5.75 Å². The quantitative estimate of drug-likeness (QED) is 0.536. The summed E-state index contributed by atoms with van der Waals surface area (Å²) in [5.41, 5.74) is 1.30. The van der Waals surface area contributed by atoms with Crippen LogP contribution in [0.3, 0.4) is 0 Å². The van der Waals surface area contributed by atoms with Crippen LogP contribution >= 0.6 is 0 Å². The summed E-state index contributed by atoms with van der Waals surface area (Å²) in [5, 5.41) is 2.50. The highest BCUT2D eigenvalue weighted by atomic mass is 16.5. The van der Waals surface area contributed by atoms with E-state index in [2.05, 4.69) is 36.4 Å². The van der Waals surface area contributed by atoms with Crippen molar-refractivity contribution in [3.63, 3.8) is 0 Å². The average molecular weight is 156 g/mol. The lowest BCUT2D eigenvalue weighted by Crippen LogP contribution is -2.10. The zero-order chi connectivity index (χ0) is 7.97. The molecule has 1 heteroatoms. The summed E-state index contributed by atoms with van der Waals surface area (Å²) in [5.74, 6) is 1.02. The second-order valence-electron chi connectivity index (χ2n) is 3.06. The van der Waals surface area contributed by atoms with Gasteiger partial charge in [0.15, 0.2) is 0 Å². The molecular formula is C11H8O. The summed E-state index contributed by atoms with van der Waals surface area (Å²) in [6, 6.07) is 4.28. The first-order valence-electron chi connectivity index (χ1n) is 4.09. The van der Waals surface area contributed by atoms with E-state index in [4.69, 9.17) is 4.74 Å². The van der Waals surface area contributed by atoms with E-state index in [1.807, 2.05) is 0 Å². The van der Waals surface area contributed by atoms with Crippen molar-refractivity contribution < 1.29 is 4.74 Å². The molecule has 1 nitrogen and oxygen atoms in total. The van der Waals surface area contributed by atoms with E-state index in [9.17, 15) is 0 Å². The van der Waals surface area contributed by atoms with Crippen molar-refractivity contribution in [1.29, 1.82) is 0 Å². The van der Waals surface area contributed by atoms with Gasteiger partial charge in [-0.05, 0) is 29.0 Å². The SMILES string of the molecule is C1=Cc2cc3c(cc2=C1)OCC=3. The second-order valence-corrected chi connectivity index (χ2v) is 3.06. The number of hydrogen-bond donors (Lipinski definition) is 0. The molecule has 0 saturated heterocycles. The van der Waals surface area contributed by atoms with E-state index < -0.39 is 0 Å². The van der Waals surface area contributed by atoms with Crippen molar-refractivity contribution in [2.45, 2.75) is 0 Å². The predicted octanol–water partition coefficient (Wildman–Crippen LogP) is 0.667. The molecule has 0 fully saturated rings. The standard InChI is InChI=1S/C11H8O/c1-2-8-6-10-4-5-12-11(10)7-9(8)3-1/h1-4,6-7H,5H2. The van der Waals surface area contributed by atoms with Gasteiger partial charge in [-0.25, -0.2) is 0 Å². The number of rotatable bonds is 0. The maximum atomic E-state index is 5.42.